The topological polar surface area (TPSA) is 46.2 Å². The molecule has 1 rings (SSSR count). The molecule has 0 unspecified atom stereocenters. The van der Waals surface area contributed by atoms with E-state index in [-0.39, 0.29) is 11.2 Å². The average Bonchev–Trinajstić information content (AvgIpc) is 2.61. The van der Waals surface area contributed by atoms with Crippen molar-refractivity contribution in [1.29, 1.82) is 0 Å². The molecule has 1 aliphatic rings. The summed E-state index contributed by atoms with van der Waals surface area (Å²) in [5.74, 6) is 0.546. The molecule has 5 heteroatoms. The summed E-state index contributed by atoms with van der Waals surface area (Å²) in [6.07, 6.45) is 5.23. The quantitative estimate of drug-likeness (QED) is 0.737. The summed E-state index contributed by atoms with van der Waals surface area (Å²) in [4.78, 5) is 0. The Labute approximate surface area is 97.6 Å². The third-order valence-corrected chi connectivity index (χ3v) is 4.75. The third kappa shape index (κ3) is 4.70. The molecule has 3 nitrogen and oxygen atoms in total. The van der Waals surface area contributed by atoms with E-state index in [4.69, 9.17) is 11.6 Å². The maximum atomic E-state index is 11.5. The summed E-state index contributed by atoms with van der Waals surface area (Å²) < 4.78 is 25.7. The molecule has 0 atom stereocenters. The monoisotopic (exact) mass is 253 g/mol. The number of rotatable bonds is 6. The van der Waals surface area contributed by atoms with Crippen LogP contribution in [0.3, 0.4) is 0 Å². The molecule has 90 valence electrons. The van der Waals surface area contributed by atoms with Gasteiger partial charge in [-0.1, -0.05) is 19.8 Å². The Balaban J connectivity index is 2.35. The lowest BCUT2D eigenvalue weighted by molar-refractivity contribution is 0.336. The lowest BCUT2D eigenvalue weighted by Gasteiger charge is -2.23. The molecule has 1 N–H and O–H groups in total. The maximum absolute atomic E-state index is 11.5. The number of halogens is 1. The van der Waals surface area contributed by atoms with Crippen molar-refractivity contribution in [2.45, 2.75) is 39.0 Å². The zero-order chi connectivity index (χ0) is 11.4. The first-order chi connectivity index (χ1) is 6.97. The van der Waals surface area contributed by atoms with Gasteiger partial charge in [0.25, 0.3) is 0 Å². The fourth-order valence-electron chi connectivity index (χ4n) is 2.01. The van der Waals surface area contributed by atoms with Gasteiger partial charge >= 0.3 is 0 Å². The second kappa shape index (κ2) is 5.51. The Morgan fingerprint density at radius 1 is 1.33 bits per heavy atom. The van der Waals surface area contributed by atoms with E-state index < -0.39 is 10.0 Å². The highest BCUT2D eigenvalue weighted by molar-refractivity contribution is 7.89. The molecule has 0 aromatic heterocycles. The first-order valence-corrected chi connectivity index (χ1v) is 7.69. The predicted molar refractivity (Wildman–Crippen MR) is 63.7 cm³/mol. The van der Waals surface area contributed by atoms with Crippen molar-refractivity contribution < 1.29 is 8.42 Å². The normalized spacial score (nSPS) is 20.7. The Kier molecular flexibility index (Phi) is 4.87. The van der Waals surface area contributed by atoms with Gasteiger partial charge in [0.05, 0.1) is 5.75 Å². The van der Waals surface area contributed by atoms with Crippen LogP contribution in [-0.2, 0) is 10.0 Å². The zero-order valence-corrected chi connectivity index (χ0v) is 10.8. The molecule has 1 aliphatic carbocycles. The van der Waals surface area contributed by atoms with Crippen LogP contribution >= 0.6 is 11.6 Å². The molecule has 1 fully saturated rings. The molecule has 0 bridgehead atoms. The summed E-state index contributed by atoms with van der Waals surface area (Å²) in [5, 5.41) is 0. The summed E-state index contributed by atoms with van der Waals surface area (Å²) in [6.45, 7) is 2.74. The van der Waals surface area contributed by atoms with Crippen LogP contribution in [0.5, 0.6) is 0 Å². The lowest BCUT2D eigenvalue weighted by Crippen LogP contribution is -2.35. The molecule has 1 saturated carbocycles. The highest BCUT2D eigenvalue weighted by Gasteiger charge is 2.29. The van der Waals surface area contributed by atoms with Gasteiger partial charge in [0.2, 0.25) is 10.0 Å². The van der Waals surface area contributed by atoms with E-state index in [0.29, 0.717) is 18.8 Å². The standard InChI is InChI=1S/C10H20ClNO2S/c1-10(5-2-3-6-10)9-12-15(13,14)8-4-7-11/h12H,2-9H2,1H3. The molecule has 0 aliphatic heterocycles. The van der Waals surface area contributed by atoms with Gasteiger partial charge in [0.1, 0.15) is 0 Å². The van der Waals surface area contributed by atoms with Crippen molar-refractivity contribution in [3.63, 3.8) is 0 Å². The fraction of sp³-hybridized carbons (Fsp3) is 1.00. The predicted octanol–water partition coefficient (Wildman–Crippen LogP) is 2.11. The van der Waals surface area contributed by atoms with Crippen molar-refractivity contribution >= 4 is 21.6 Å². The highest BCUT2D eigenvalue weighted by Crippen LogP contribution is 2.36. The van der Waals surface area contributed by atoms with Crippen molar-refractivity contribution in [1.82, 2.24) is 4.72 Å². The molecule has 0 aromatic rings. The fourth-order valence-corrected chi connectivity index (χ4v) is 3.54. The molecule has 0 radical (unpaired) electrons. The van der Waals surface area contributed by atoms with Crippen molar-refractivity contribution in [2.24, 2.45) is 5.41 Å². The van der Waals surface area contributed by atoms with Crippen molar-refractivity contribution in [3.05, 3.63) is 0 Å². The van der Waals surface area contributed by atoms with Gasteiger partial charge in [-0.2, -0.15) is 0 Å². The maximum Gasteiger partial charge on any atom is 0.211 e. The van der Waals surface area contributed by atoms with Crippen LogP contribution in [-0.4, -0.2) is 26.6 Å². The van der Waals surface area contributed by atoms with E-state index in [1.807, 2.05) is 0 Å². The summed E-state index contributed by atoms with van der Waals surface area (Å²) >= 11 is 5.47. The number of nitrogens with one attached hydrogen (secondary N) is 1. The van der Waals surface area contributed by atoms with Crippen molar-refractivity contribution in [3.8, 4) is 0 Å². The summed E-state index contributed by atoms with van der Waals surface area (Å²) in [6, 6.07) is 0. The number of hydrogen-bond donors (Lipinski definition) is 1. The molecule has 0 spiro atoms. The van der Waals surface area contributed by atoms with Gasteiger partial charge in [-0.3, -0.25) is 0 Å². The van der Waals surface area contributed by atoms with Crippen LogP contribution in [0, 0.1) is 5.41 Å². The van der Waals surface area contributed by atoms with Crippen molar-refractivity contribution in [2.75, 3.05) is 18.2 Å². The molecule has 15 heavy (non-hydrogen) atoms. The van der Waals surface area contributed by atoms with Gasteiger partial charge in [-0.05, 0) is 24.7 Å². The van der Waals surface area contributed by atoms with Gasteiger partial charge in [0, 0.05) is 12.4 Å². The smallest absolute Gasteiger partial charge is 0.211 e. The van der Waals surface area contributed by atoms with E-state index >= 15 is 0 Å². The van der Waals surface area contributed by atoms with E-state index in [1.165, 1.54) is 12.8 Å². The van der Waals surface area contributed by atoms with E-state index in [0.717, 1.165) is 12.8 Å². The minimum atomic E-state index is -3.10. The molecule has 0 aromatic carbocycles. The number of sulfonamides is 1. The van der Waals surface area contributed by atoms with Crippen LogP contribution in [0.2, 0.25) is 0 Å². The Bertz CT molecular complexity index is 284. The largest absolute Gasteiger partial charge is 0.215 e. The van der Waals surface area contributed by atoms with Gasteiger partial charge < -0.3 is 0 Å². The minimum Gasteiger partial charge on any atom is -0.215 e. The molecule has 0 heterocycles. The lowest BCUT2D eigenvalue weighted by atomic mass is 9.89. The van der Waals surface area contributed by atoms with E-state index in [9.17, 15) is 8.42 Å². The second-order valence-electron chi connectivity index (χ2n) is 4.70. The Morgan fingerprint density at radius 2 is 1.93 bits per heavy atom. The highest BCUT2D eigenvalue weighted by atomic mass is 35.5. The molecule has 0 amide bonds. The van der Waals surface area contributed by atoms with Crippen LogP contribution < -0.4 is 4.72 Å². The second-order valence-corrected chi connectivity index (χ2v) is 7.00. The number of alkyl halides is 1. The van der Waals surface area contributed by atoms with Crippen LogP contribution in [0.4, 0.5) is 0 Å². The van der Waals surface area contributed by atoms with Gasteiger partial charge in [-0.15, -0.1) is 11.6 Å². The molecular weight excluding hydrogens is 234 g/mol. The SMILES string of the molecule is CC1(CNS(=O)(=O)CCCCl)CCCC1. The van der Waals surface area contributed by atoms with Crippen LogP contribution in [0.15, 0.2) is 0 Å². The van der Waals surface area contributed by atoms with Crippen LogP contribution in [0.25, 0.3) is 0 Å². The molecular formula is C10H20ClNO2S. The summed E-state index contributed by atoms with van der Waals surface area (Å²) in [7, 11) is -3.10. The molecule has 0 saturated heterocycles. The number of hydrogen-bond acceptors (Lipinski definition) is 2. The Hall–Kier alpha value is 0.200. The van der Waals surface area contributed by atoms with Gasteiger partial charge in [0.15, 0.2) is 0 Å². The minimum absolute atomic E-state index is 0.145. The first kappa shape index (κ1) is 13.3. The van der Waals surface area contributed by atoms with E-state index in [2.05, 4.69) is 11.6 Å². The van der Waals surface area contributed by atoms with E-state index in [1.54, 1.807) is 0 Å². The first-order valence-electron chi connectivity index (χ1n) is 5.51. The van der Waals surface area contributed by atoms with Crippen LogP contribution in [0.1, 0.15) is 39.0 Å². The average molecular weight is 254 g/mol. The van der Waals surface area contributed by atoms with Gasteiger partial charge in [-0.25, -0.2) is 13.1 Å². The summed E-state index contributed by atoms with van der Waals surface area (Å²) in [5.41, 5.74) is 0.175. The third-order valence-electron chi connectivity index (χ3n) is 3.08. The Morgan fingerprint density at radius 3 is 2.47 bits per heavy atom. The zero-order valence-electron chi connectivity index (χ0n) is 9.26.